The molecule has 0 aliphatic rings. The molecule has 0 radical (unpaired) electrons. The monoisotopic (exact) mass is 180 g/mol. The van der Waals surface area contributed by atoms with Gasteiger partial charge in [-0.3, -0.25) is 9.79 Å². The molecule has 0 rings (SSSR count). The Hall–Kier alpha value is -1.71. The fraction of sp³-hybridized carbons (Fsp3) is 0.222. The first-order valence-electron chi connectivity index (χ1n) is 3.83. The van der Waals surface area contributed by atoms with Crippen LogP contribution in [0.5, 0.6) is 0 Å². The van der Waals surface area contributed by atoms with Gasteiger partial charge in [-0.2, -0.15) is 0 Å². The maximum atomic E-state index is 10.3. The van der Waals surface area contributed by atoms with Crippen LogP contribution in [0.3, 0.4) is 0 Å². The number of carbonyl (C=O) groups is 1. The van der Waals surface area contributed by atoms with Crippen molar-refractivity contribution < 1.29 is 10.0 Å². The quantitative estimate of drug-likeness (QED) is 0.302. The average molecular weight is 180 g/mol. The zero-order chi connectivity index (χ0) is 10.1. The number of rotatable bonds is 5. The number of carbonyl (C=O) groups excluding carboxylic acids is 1. The summed E-state index contributed by atoms with van der Waals surface area (Å²) in [4.78, 5) is 14.2. The molecule has 0 atom stereocenters. The molecule has 0 aromatic rings. The van der Waals surface area contributed by atoms with Crippen LogP contribution < -0.4 is 0 Å². The van der Waals surface area contributed by atoms with E-state index in [9.17, 15) is 4.79 Å². The summed E-state index contributed by atoms with van der Waals surface area (Å²) < 4.78 is 0. The Morgan fingerprint density at radius 3 is 2.62 bits per heavy atom. The third-order valence-electron chi connectivity index (χ3n) is 1.23. The molecular weight excluding hydrogens is 168 g/mol. The summed E-state index contributed by atoms with van der Waals surface area (Å²) in [5.41, 5.74) is 0.123. The second-order valence-corrected chi connectivity index (χ2v) is 2.11. The molecule has 4 heteroatoms. The topological polar surface area (TPSA) is 62.0 Å². The van der Waals surface area contributed by atoms with Gasteiger partial charge in [0, 0.05) is 6.20 Å². The Balaban J connectivity index is 4.67. The van der Waals surface area contributed by atoms with Gasteiger partial charge in [0.1, 0.15) is 0 Å². The van der Waals surface area contributed by atoms with Crippen molar-refractivity contribution in [3.05, 3.63) is 24.9 Å². The van der Waals surface area contributed by atoms with Crippen molar-refractivity contribution in [3.63, 3.8) is 0 Å². The average Bonchev–Trinajstić information content (AvgIpc) is 2.17. The molecule has 0 aliphatic heterocycles. The Labute approximate surface area is 77.0 Å². The summed E-state index contributed by atoms with van der Waals surface area (Å²) in [5.74, 6) is 0. The summed E-state index contributed by atoms with van der Waals surface area (Å²) in [5, 5.41) is 11.2. The molecule has 0 bridgehead atoms. The smallest absolute Gasteiger partial charge is 0.174 e. The van der Waals surface area contributed by atoms with Gasteiger partial charge in [-0.15, -0.1) is 0 Å². The van der Waals surface area contributed by atoms with Crippen molar-refractivity contribution in [1.29, 1.82) is 0 Å². The molecule has 0 aromatic carbocycles. The standard InChI is InChI=1S/C9H12N2O2/c1-3-5-6-10-8(4-2)9(7-12)11-13/h4-7,13H,2-3H2,1H3/b6-5-,10-8-,11-9+. The zero-order valence-corrected chi connectivity index (χ0v) is 7.47. The minimum absolute atomic E-state index is 0.129. The van der Waals surface area contributed by atoms with Gasteiger partial charge in [-0.1, -0.05) is 24.7 Å². The Morgan fingerprint density at radius 1 is 1.54 bits per heavy atom. The molecule has 0 saturated heterocycles. The zero-order valence-electron chi connectivity index (χ0n) is 7.47. The van der Waals surface area contributed by atoms with Gasteiger partial charge in [-0.05, 0) is 12.5 Å². The fourth-order valence-electron chi connectivity index (χ4n) is 0.597. The van der Waals surface area contributed by atoms with Gasteiger partial charge >= 0.3 is 0 Å². The first-order valence-corrected chi connectivity index (χ1v) is 3.83. The van der Waals surface area contributed by atoms with Gasteiger partial charge < -0.3 is 5.21 Å². The van der Waals surface area contributed by atoms with E-state index < -0.39 is 0 Å². The summed E-state index contributed by atoms with van der Waals surface area (Å²) in [6.45, 7) is 5.40. The number of aldehydes is 1. The van der Waals surface area contributed by atoms with Crippen molar-refractivity contribution in [2.75, 3.05) is 0 Å². The largest absolute Gasteiger partial charge is 0.410 e. The van der Waals surface area contributed by atoms with E-state index in [-0.39, 0.29) is 11.4 Å². The van der Waals surface area contributed by atoms with E-state index in [2.05, 4.69) is 16.7 Å². The van der Waals surface area contributed by atoms with Crippen LogP contribution in [0.15, 0.2) is 35.1 Å². The van der Waals surface area contributed by atoms with Crippen molar-refractivity contribution in [2.24, 2.45) is 10.1 Å². The minimum atomic E-state index is -0.129. The lowest BCUT2D eigenvalue weighted by molar-refractivity contribution is -0.102. The summed E-state index contributed by atoms with van der Waals surface area (Å²) in [7, 11) is 0. The Morgan fingerprint density at radius 2 is 2.23 bits per heavy atom. The molecule has 0 spiro atoms. The number of oxime groups is 1. The van der Waals surface area contributed by atoms with E-state index in [1.54, 1.807) is 0 Å². The number of nitrogens with zero attached hydrogens (tertiary/aromatic N) is 2. The SMILES string of the molecule is C=CC(=N/C=C\CC)/C(C=O)=N/O. The van der Waals surface area contributed by atoms with E-state index >= 15 is 0 Å². The first-order chi connectivity index (χ1) is 6.29. The number of aliphatic imine (C=N–C) groups is 1. The predicted octanol–water partition coefficient (Wildman–Crippen LogP) is 1.57. The van der Waals surface area contributed by atoms with Crippen LogP contribution in [-0.2, 0) is 4.79 Å². The maximum Gasteiger partial charge on any atom is 0.174 e. The van der Waals surface area contributed by atoms with E-state index in [0.29, 0.717) is 6.29 Å². The van der Waals surface area contributed by atoms with E-state index in [1.807, 2.05) is 13.0 Å². The highest BCUT2D eigenvalue weighted by Gasteiger charge is 2.02. The lowest BCUT2D eigenvalue weighted by atomic mass is 10.2. The van der Waals surface area contributed by atoms with E-state index in [0.717, 1.165) is 6.42 Å². The third kappa shape index (κ3) is 4.00. The number of hydrogen-bond donors (Lipinski definition) is 1. The first kappa shape index (κ1) is 11.3. The van der Waals surface area contributed by atoms with E-state index in [4.69, 9.17) is 5.21 Å². The molecule has 4 nitrogen and oxygen atoms in total. The molecule has 0 amide bonds. The van der Waals surface area contributed by atoms with E-state index in [1.165, 1.54) is 12.3 Å². The van der Waals surface area contributed by atoms with Gasteiger partial charge in [0.2, 0.25) is 0 Å². The second kappa shape index (κ2) is 6.97. The molecular formula is C9H12N2O2. The molecule has 0 fully saturated rings. The van der Waals surface area contributed by atoms with Crippen LogP contribution in [0, 0.1) is 0 Å². The van der Waals surface area contributed by atoms with Gasteiger partial charge in [0.05, 0.1) is 5.71 Å². The maximum absolute atomic E-state index is 10.3. The summed E-state index contributed by atoms with van der Waals surface area (Å²) in [6.07, 6.45) is 5.96. The summed E-state index contributed by atoms with van der Waals surface area (Å²) >= 11 is 0. The number of hydrogen-bond acceptors (Lipinski definition) is 4. The van der Waals surface area contributed by atoms with Crippen LogP contribution in [0.2, 0.25) is 0 Å². The van der Waals surface area contributed by atoms with Crippen LogP contribution in [-0.4, -0.2) is 22.9 Å². The van der Waals surface area contributed by atoms with Crippen LogP contribution in [0.1, 0.15) is 13.3 Å². The van der Waals surface area contributed by atoms with Crippen molar-refractivity contribution >= 4 is 17.7 Å². The normalized spacial score (nSPS) is 13.3. The molecule has 0 saturated carbocycles. The van der Waals surface area contributed by atoms with Crippen molar-refractivity contribution in [1.82, 2.24) is 0 Å². The van der Waals surface area contributed by atoms with Gasteiger partial charge in [-0.25, -0.2) is 0 Å². The highest BCUT2D eigenvalue weighted by molar-refractivity contribution is 6.64. The van der Waals surface area contributed by atoms with Gasteiger partial charge in [0.15, 0.2) is 12.0 Å². The molecule has 1 N–H and O–H groups in total. The Kier molecular flexibility index (Phi) is 6.05. The minimum Gasteiger partial charge on any atom is -0.410 e. The second-order valence-electron chi connectivity index (χ2n) is 2.11. The molecule has 70 valence electrons. The molecule has 0 aliphatic carbocycles. The van der Waals surface area contributed by atoms with Crippen LogP contribution >= 0.6 is 0 Å². The third-order valence-corrected chi connectivity index (χ3v) is 1.23. The lowest BCUT2D eigenvalue weighted by Gasteiger charge is -1.92. The summed E-state index contributed by atoms with van der Waals surface area (Å²) in [6, 6.07) is 0. The number of allylic oxidation sites excluding steroid dienone is 2. The lowest BCUT2D eigenvalue weighted by Crippen LogP contribution is -2.12. The van der Waals surface area contributed by atoms with Crippen molar-refractivity contribution in [2.45, 2.75) is 13.3 Å². The highest BCUT2D eigenvalue weighted by Crippen LogP contribution is 1.88. The fourth-order valence-corrected chi connectivity index (χ4v) is 0.597. The highest BCUT2D eigenvalue weighted by atomic mass is 16.4. The molecule has 0 aromatic heterocycles. The molecule has 0 heterocycles. The molecule has 13 heavy (non-hydrogen) atoms. The van der Waals surface area contributed by atoms with Gasteiger partial charge in [0.25, 0.3) is 0 Å². The van der Waals surface area contributed by atoms with Crippen LogP contribution in [0.25, 0.3) is 0 Å². The van der Waals surface area contributed by atoms with Crippen LogP contribution in [0.4, 0.5) is 0 Å². The van der Waals surface area contributed by atoms with Crippen molar-refractivity contribution in [3.8, 4) is 0 Å². The Bertz CT molecular complexity index is 265. The predicted molar refractivity (Wildman–Crippen MR) is 52.3 cm³/mol. The molecule has 0 unspecified atom stereocenters.